The summed E-state index contributed by atoms with van der Waals surface area (Å²) < 4.78 is 3.39. The number of hydrogen-bond acceptors (Lipinski definition) is 3. The third-order valence-electron chi connectivity index (χ3n) is 2.67. The molecule has 18 heavy (non-hydrogen) atoms. The Kier molecular flexibility index (Phi) is 3.38. The maximum Gasteiger partial charge on any atom is 0.271 e. The number of carbonyl (C=O) groups is 1. The summed E-state index contributed by atoms with van der Waals surface area (Å²) in [6.07, 6.45) is 1.73. The highest BCUT2D eigenvalue weighted by atomic mass is 35.5. The highest BCUT2D eigenvalue weighted by Gasteiger charge is 2.11. The summed E-state index contributed by atoms with van der Waals surface area (Å²) in [5, 5.41) is 11.6. The van der Waals surface area contributed by atoms with Crippen molar-refractivity contribution in [3.63, 3.8) is 0 Å². The van der Waals surface area contributed by atoms with E-state index >= 15 is 0 Å². The largest absolute Gasteiger partial charge is 0.354 e. The minimum absolute atomic E-state index is 0.208. The number of aromatic nitrogens is 4. The van der Waals surface area contributed by atoms with Gasteiger partial charge < -0.3 is 5.32 Å². The van der Waals surface area contributed by atoms with Crippen LogP contribution in [0.5, 0.6) is 0 Å². The SMILES string of the molecule is CNC(=O)c1ccn(Cn2nc(C)c(Cl)c2C)n1. The lowest BCUT2D eigenvalue weighted by molar-refractivity contribution is 0.0957. The van der Waals surface area contributed by atoms with E-state index in [1.807, 2.05) is 13.8 Å². The normalized spacial score (nSPS) is 10.7. The second-order valence-electron chi connectivity index (χ2n) is 3.95. The monoisotopic (exact) mass is 267 g/mol. The predicted octanol–water partition coefficient (Wildman–Crippen LogP) is 1.22. The molecule has 0 saturated heterocycles. The van der Waals surface area contributed by atoms with Gasteiger partial charge in [-0.15, -0.1) is 0 Å². The highest BCUT2D eigenvalue weighted by Crippen LogP contribution is 2.18. The first kappa shape index (κ1) is 12.6. The lowest BCUT2D eigenvalue weighted by Gasteiger charge is -2.04. The molecule has 0 atom stereocenters. The first-order chi connectivity index (χ1) is 8.52. The van der Waals surface area contributed by atoms with E-state index in [0.717, 1.165) is 11.4 Å². The van der Waals surface area contributed by atoms with Crippen molar-refractivity contribution in [3.8, 4) is 0 Å². The van der Waals surface area contributed by atoms with Crippen molar-refractivity contribution in [2.45, 2.75) is 20.5 Å². The van der Waals surface area contributed by atoms with Crippen LogP contribution >= 0.6 is 11.6 Å². The summed E-state index contributed by atoms with van der Waals surface area (Å²) in [6, 6.07) is 1.66. The molecule has 2 heterocycles. The van der Waals surface area contributed by atoms with Crippen LogP contribution in [0.2, 0.25) is 5.02 Å². The van der Waals surface area contributed by atoms with E-state index in [-0.39, 0.29) is 5.91 Å². The van der Waals surface area contributed by atoms with Gasteiger partial charge in [-0.25, -0.2) is 4.68 Å². The van der Waals surface area contributed by atoms with Gasteiger partial charge in [0.25, 0.3) is 5.91 Å². The molecule has 0 unspecified atom stereocenters. The third kappa shape index (κ3) is 2.24. The van der Waals surface area contributed by atoms with Crippen LogP contribution in [0.25, 0.3) is 0 Å². The summed E-state index contributed by atoms with van der Waals surface area (Å²) in [5.74, 6) is -0.208. The summed E-state index contributed by atoms with van der Waals surface area (Å²) >= 11 is 6.07. The van der Waals surface area contributed by atoms with Gasteiger partial charge in [0.05, 0.1) is 16.4 Å². The van der Waals surface area contributed by atoms with E-state index in [1.54, 1.807) is 28.7 Å². The van der Waals surface area contributed by atoms with Crippen molar-refractivity contribution in [1.82, 2.24) is 24.9 Å². The maximum absolute atomic E-state index is 11.4. The molecule has 0 spiro atoms. The summed E-state index contributed by atoms with van der Waals surface area (Å²) in [7, 11) is 1.57. The molecule has 0 fully saturated rings. The molecule has 2 aromatic rings. The Labute approximate surface area is 110 Å². The average molecular weight is 268 g/mol. The summed E-state index contributed by atoms with van der Waals surface area (Å²) in [6.45, 7) is 4.17. The van der Waals surface area contributed by atoms with Gasteiger partial charge in [0.15, 0.2) is 0 Å². The predicted molar refractivity (Wildman–Crippen MR) is 67.7 cm³/mol. The average Bonchev–Trinajstić information content (AvgIpc) is 2.91. The van der Waals surface area contributed by atoms with Crippen molar-refractivity contribution < 1.29 is 4.79 Å². The second kappa shape index (κ2) is 4.81. The van der Waals surface area contributed by atoms with E-state index in [9.17, 15) is 4.79 Å². The molecule has 96 valence electrons. The lowest BCUT2D eigenvalue weighted by atomic mass is 10.4. The maximum atomic E-state index is 11.4. The van der Waals surface area contributed by atoms with E-state index in [4.69, 9.17) is 11.6 Å². The number of amides is 1. The van der Waals surface area contributed by atoms with Crippen molar-refractivity contribution in [2.75, 3.05) is 7.05 Å². The first-order valence-electron chi connectivity index (χ1n) is 5.48. The Morgan fingerprint density at radius 2 is 2.17 bits per heavy atom. The van der Waals surface area contributed by atoms with Crippen molar-refractivity contribution in [1.29, 1.82) is 0 Å². The number of nitrogens with one attached hydrogen (secondary N) is 1. The lowest BCUT2D eigenvalue weighted by Crippen LogP contribution is -2.19. The van der Waals surface area contributed by atoms with Crippen LogP contribution in [0.1, 0.15) is 21.9 Å². The van der Waals surface area contributed by atoms with Crippen LogP contribution < -0.4 is 5.32 Å². The van der Waals surface area contributed by atoms with Gasteiger partial charge in [-0.2, -0.15) is 10.2 Å². The zero-order chi connectivity index (χ0) is 13.3. The zero-order valence-electron chi connectivity index (χ0n) is 10.4. The first-order valence-corrected chi connectivity index (χ1v) is 5.85. The summed E-state index contributed by atoms with van der Waals surface area (Å²) in [5.41, 5.74) is 2.05. The Morgan fingerprint density at radius 3 is 2.72 bits per heavy atom. The van der Waals surface area contributed by atoms with Gasteiger partial charge >= 0.3 is 0 Å². The topological polar surface area (TPSA) is 64.7 Å². The number of rotatable bonds is 3. The van der Waals surface area contributed by atoms with Crippen LogP contribution in [-0.2, 0) is 6.67 Å². The molecule has 0 radical (unpaired) electrons. The Balaban J connectivity index is 2.21. The standard InChI is InChI=1S/C11H14ClN5O/c1-7-10(12)8(2)17(14-7)6-16-5-4-9(15-16)11(18)13-3/h4-5H,6H2,1-3H3,(H,13,18). The van der Waals surface area contributed by atoms with Crippen LogP contribution in [0.15, 0.2) is 12.3 Å². The molecule has 2 rings (SSSR count). The molecular weight excluding hydrogens is 254 g/mol. The van der Waals surface area contributed by atoms with E-state index in [1.165, 1.54) is 0 Å². The number of nitrogens with zero attached hydrogens (tertiary/aromatic N) is 4. The molecule has 0 aliphatic rings. The second-order valence-corrected chi connectivity index (χ2v) is 4.32. The van der Waals surface area contributed by atoms with Gasteiger partial charge in [-0.1, -0.05) is 11.6 Å². The molecule has 7 heteroatoms. The quantitative estimate of drug-likeness (QED) is 0.909. The zero-order valence-corrected chi connectivity index (χ0v) is 11.2. The summed E-state index contributed by atoms with van der Waals surface area (Å²) in [4.78, 5) is 11.4. The fourth-order valence-electron chi connectivity index (χ4n) is 1.64. The molecule has 1 N–H and O–H groups in total. The van der Waals surface area contributed by atoms with E-state index < -0.39 is 0 Å². The minimum atomic E-state index is -0.208. The highest BCUT2D eigenvalue weighted by molar-refractivity contribution is 6.31. The number of hydrogen-bond donors (Lipinski definition) is 1. The van der Waals surface area contributed by atoms with Crippen LogP contribution in [-0.4, -0.2) is 32.5 Å². The minimum Gasteiger partial charge on any atom is -0.354 e. The van der Waals surface area contributed by atoms with Crippen LogP contribution in [0.4, 0.5) is 0 Å². The van der Waals surface area contributed by atoms with Crippen molar-refractivity contribution in [2.24, 2.45) is 0 Å². The molecule has 0 aromatic carbocycles. The molecule has 6 nitrogen and oxygen atoms in total. The fourth-order valence-corrected chi connectivity index (χ4v) is 1.77. The van der Waals surface area contributed by atoms with Crippen LogP contribution in [0.3, 0.4) is 0 Å². The van der Waals surface area contributed by atoms with Gasteiger partial charge in [0.1, 0.15) is 12.4 Å². The Morgan fingerprint density at radius 1 is 1.44 bits per heavy atom. The van der Waals surface area contributed by atoms with Crippen molar-refractivity contribution >= 4 is 17.5 Å². The van der Waals surface area contributed by atoms with Gasteiger partial charge in [-0.3, -0.25) is 9.48 Å². The third-order valence-corrected chi connectivity index (χ3v) is 3.22. The number of halogens is 1. The smallest absolute Gasteiger partial charge is 0.271 e. The molecular formula is C11H14ClN5O. The van der Waals surface area contributed by atoms with Gasteiger partial charge in [0.2, 0.25) is 0 Å². The molecule has 0 aliphatic heterocycles. The van der Waals surface area contributed by atoms with Gasteiger partial charge in [-0.05, 0) is 19.9 Å². The van der Waals surface area contributed by atoms with Crippen LogP contribution in [0, 0.1) is 13.8 Å². The number of carbonyl (C=O) groups excluding carboxylic acids is 1. The molecule has 0 aliphatic carbocycles. The fraction of sp³-hybridized carbons (Fsp3) is 0.364. The van der Waals surface area contributed by atoms with Gasteiger partial charge in [0, 0.05) is 13.2 Å². The molecule has 0 bridgehead atoms. The van der Waals surface area contributed by atoms with Crippen molar-refractivity contribution in [3.05, 3.63) is 34.4 Å². The molecule has 2 aromatic heterocycles. The molecule has 0 saturated carbocycles. The Bertz CT molecular complexity index is 586. The number of aryl methyl sites for hydroxylation is 1. The molecule has 1 amide bonds. The van der Waals surface area contributed by atoms with E-state index in [2.05, 4.69) is 15.5 Å². The van der Waals surface area contributed by atoms with E-state index in [0.29, 0.717) is 17.4 Å². The Hall–Kier alpha value is -1.82.